The van der Waals surface area contributed by atoms with Gasteiger partial charge in [0.1, 0.15) is 11.3 Å². The van der Waals surface area contributed by atoms with Gasteiger partial charge in [-0.3, -0.25) is 14.6 Å². The fourth-order valence-electron chi connectivity index (χ4n) is 2.84. The first-order valence-electron chi connectivity index (χ1n) is 7.69. The van der Waals surface area contributed by atoms with Gasteiger partial charge in [0.15, 0.2) is 6.61 Å². The van der Waals surface area contributed by atoms with Crippen molar-refractivity contribution in [1.29, 1.82) is 0 Å². The van der Waals surface area contributed by atoms with Crippen LogP contribution in [0.2, 0.25) is 0 Å². The predicted molar refractivity (Wildman–Crippen MR) is 85.7 cm³/mol. The van der Waals surface area contributed by atoms with Gasteiger partial charge >= 0.3 is 0 Å². The summed E-state index contributed by atoms with van der Waals surface area (Å²) in [5, 5.41) is 0.972. The molecule has 1 aromatic carbocycles. The molecule has 0 saturated carbocycles. The summed E-state index contributed by atoms with van der Waals surface area (Å²) in [5.74, 6) is 0.113. The van der Waals surface area contributed by atoms with Crippen molar-refractivity contribution in [2.24, 2.45) is 11.7 Å². The van der Waals surface area contributed by atoms with Crippen LogP contribution in [0.3, 0.4) is 0 Å². The van der Waals surface area contributed by atoms with Crippen molar-refractivity contribution in [1.82, 2.24) is 9.88 Å². The number of amides is 2. The Morgan fingerprint density at radius 1 is 1.22 bits per heavy atom. The van der Waals surface area contributed by atoms with E-state index in [-0.39, 0.29) is 24.3 Å². The summed E-state index contributed by atoms with van der Waals surface area (Å²) in [7, 11) is 0. The van der Waals surface area contributed by atoms with Gasteiger partial charge in [-0.05, 0) is 25.0 Å². The maximum Gasteiger partial charge on any atom is 0.260 e. The predicted octanol–water partition coefficient (Wildman–Crippen LogP) is 1.34. The van der Waals surface area contributed by atoms with Gasteiger partial charge in [-0.25, -0.2) is 0 Å². The van der Waals surface area contributed by atoms with Crippen LogP contribution >= 0.6 is 0 Å². The highest BCUT2D eigenvalue weighted by atomic mass is 16.5. The van der Waals surface area contributed by atoms with E-state index in [0.717, 1.165) is 10.9 Å². The monoisotopic (exact) mass is 313 g/mol. The minimum atomic E-state index is -0.282. The molecule has 3 rings (SSSR count). The van der Waals surface area contributed by atoms with E-state index in [1.807, 2.05) is 30.3 Å². The standard InChI is InChI=1S/C17H19N3O3/c18-17(22)13-6-9-20(10-7-13)15(21)11-23-14-5-1-3-12-4-2-8-19-16(12)14/h1-5,8,13H,6-7,9-11H2,(H2,18,22). The first-order valence-corrected chi connectivity index (χ1v) is 7.69. The Hall–Kier alpha value is -2.63. The van der Waals surface area contributed by atoms with Gasteiger partial charge in [-0.2, -0.15) is 0 Å². The second-order valence-corrected chi connectivity index (χ2v) is 5.68. The highest BCUT2D eigenvalue weighted by Gasteiger charge is 2.26. The van der Waals surface area contributed by atoms with Crippen molar-refractivity contribution in [3.63, 3.8) is 0 Å². The third-order valence-corrected chi connectivity index (χ3v) is 4.20. The maximum absolute atomic E-state index is 12.2. The summed E-state index contributed by atoms with van der Waals surface area (Å²) in [6.07, 6.45) is 2.94. The zero-order valence-corrected chi connectivity index (χ0v) is 12.8. The van der Waals surface area contributed by atoms with Crippen LogP contribution in [0.15, 0.2) is 36.5 Å². The number of hydrogen-bond donors (Lipinski definition) is 1. The molecule has 6 heteroatoms. The lowest BCUT2D eigenvalue weighted by Gasteiger charge is -2.30. The first kappa shape index (κ1) is 15.3. The fraction of sp³-hybridized carbons (Fsp3) is 0.353. The molecule has 23 heavy (non-hydrogen) atoms. The quantitative estimate of drug-likeness (QED) is 0.923. The summed E-state index contributed by atoms with van der Waals surface area (Å²) in [6.45, 7) is 1.06. The minimum Gasteiger partial charge on any atom is -0.481 e. The van der Waals surface area contributed by atoms with Gasteiger partial charge in [0, 0.05) is 30.6 Å². The Morgan fingerprint density at radius 3 is 2.70 bits per heavy atom. The van der Waals surface area contributed by atoms with E-state index in [1.165, 1.54) is 0 Å². The number of benzene rings is 1. The number of primary amides is 1. The largest absolute Gasteiger partial charge is 0.481 e. The molecule has 0 atom stereocenters. The van der Waals surface area contributed by atoms with Crippen LogP contribution < -0.4 is 10.5 Å². The lowest BCUT2D eigenvalue weighted by Crippen LogP contribution is -2.43. The molecule has 0 spiro atoms. The molecule has 2 amide bonds. The van der Waals surface area contributed by atoms with Crippen LogP contribution in [0.5, 0.6) is 5.75 Å². The Morgan fingerprint density at radius 2 is 1.96 bits per heavy atom. The van der Waals surface area contributed by atoms with E-state index >= 15 is 0 Å². The number of carbonyl (C=O) groups is 2. The van der Waals surface area contributed by atoms with Gasteiger partial charge < -0.3 is 15.4 Å². The van der Waals surface area contributed by atoms with E-state index in [2.05, 4.69) is 4.98 Å². The molecule has 120 valence electrons. The van der Waals surface area contributed by atoms with E-state index in [1.54, 1.807) is 11.1 Å². The number of likely N-dealkylation sites (tertiary alicyclic amines) is 1. The molecule has 2 heterocycles. The zero-order chi connectivity index (χ0) is 16.2. The number of rotatable bonds is 4. The molecule has 1 aliphatic heterocycles. The molecule has 1 aromatic heterocycles. The molecule has 6 nitrogen and oxygen atoms in total. The van der Waals surface area contributed by atoms with Crippen molar-refractivity contribution in [2.75, 3.05) is 19.7 Å². The molecule has 0 aliphatic carbocycles. The lowest BCUT2D eigenvalue weighted by atomic mass is 9.96. The van der Waals surface area contributed by atoms with Crippen LogP contribution in [0.25, 0.3) is 10.9 Å². The molecule has 0 bridgehead atoms. The smallest absolute Gasteiger partial charge is 0.260 e. The maximum atomic E-state index is 12.2. The number of pyridine rings is 1. The third kappa shape index (κ3) is 3.41. The van der Waals surface area contributed by atoms with Crippen molar-refractivity contribution in [3.8, 4) is 5.75 Å². The molecule has 0 unspecified atom stereocenters. The molecule has 1 saturated heterocycles. The molecule has 2 N–H and O–H groups in total. The number of ether oxygens (including phenoxy) is 1. The van der Waals surface area contributed by atoms with Crippen molar-refractivity contribution < 1.29 is 14.3 Å². The topological polar surface area (TPSA) is 85.5 Å². The van der Waals surface area contributed by atoms with E-state index in [4.69, 9.17) is 10.5 Å². The second-order valence-electron chi connectivity index (χ2n) is 5.68. The van der Waals surface area contributed by atoms with E-state index < -0.39 is 0 Å². The van der Waals surface area contributed by atoms with Gasteiger partial charge in [0.2, 0.25) is 5.91 Å². The Bertz CT molecular complexity index is 719. The van der Waals surface area contributed by atoms with Crippen LogP contribution in [-0.2, 0) is 9.59 Å². The van der Waals surface area contributed by atoms with Gasteiger partial charge in [0.05, 0.1) is 0 Å². The van der Waals surface area contributed by atoms with Crippen molar-refractivity contribution in [3.05, 3.63) is 36.5 Å². The van der Waals surface area contributed by atoms with Crippen LogP contribution in [0, 0.1) is 5.92 Å². The molecule has 0 radical (unpaired) electrons. The number of nitrogens with zero attached hydrogens (tertiary/aromatic N) is 2. The summed E-state index contributed by atoms with van der Waals surface area (Å²) in [6, 6.07) is 9.45. The van der Waals surface area contributed by atoms with Crippen LogP contribution in [-0.4, -0.2) is 41.4 Å². The Kier molecular flexibility index (Phi) is 4.41. The zero-order valence-electron chi connectivity index (χ0n) is 12.8. The average Bonchev–Trinajstić information content (AvgIpc) is 2.59. The first-order chi connectivity index (χ1) is 11.1. The number of hydrogen-bond acceptors (Lipinski definition) is 4. The summed E-state index contributed by atoms with van der Waals surface area (Å²) in [5.41, 5.74) is 6.05. The summed E-state index contributed by atoms with van der Waals surface area (Å²) < 4.78 is 5.66. The SMILES string of the molecule is NC(=O)C1CCN(C(=O)COc2cccc3cccnc23)CC1. The summed E-state index contributed by atoms with van der Waals surface area (Å²) in [4.78, 5) is 29.4. The van der Waals surface area contributed by atoms with Gasteiger partial charge in [0.25, 0.3) is 5.91 Å². The fourth-order valence-corrected chi connectivity index (χ4v) is 2.84. The van der Waals surface area contributed by atoms with E-state index in [9.17, 15) is 9.59 Å². The Balaban J connectivity index is 1.60. The minimum absolute atomic E-state index is 0.0308. The number of fused-ring (bicyclic) bond motifs is 1. The number of aromatic nitrogens is 1. The van der Waals surface area contributed by atoms with Crippen molar-refractivity contribution >= 4 is 22.7 Å². The molecule has 2 aromatic rings. The average molecular weight is 313 g/mol. The number of nitrogens with two attached hydrogens (primary N) is 1. The second kappa shape index (κ2) is 6.64. The number of para-hydroxylation sites is 1. The molecule has 1 aliphatic rings. The summed E-state index contributed by atoms with van der Waals surface area (Å²) >= 11 is 0. The van der Waals surface area contributed by atoms with Crippen LogP contribution in [0.4, 0.5) is 0 Å². The Labute approximate surface area is 134 Å². The number of piperidine rings is 1. The van der Waals surface area contributed by atoms with Crippen molar-refractivity contribution in [2.45, 2.75) is 12.8 Å². The highest BCUT2D eigenvalue weighted by molar-refractivity contribution is 5.85. The van der Waals surface area contributed by atoms with Gasteiger partial charge in [-0.1, -0.05) is 18.2 Å². The van der Waals surface area contributed by atoms with Gasteiger partial charge in [-0.15, -0.1) is 0 Å². The normalized spacial score (nSPS) is 15.6. The number of carbonyl (C=O) groups excluding carboxylic acids is 2. The molecular weight excluding hydrogens is 294 g/mol. The molecular formula is C17H19N3O3. The highest BCUT2D eigenvalue weighted by Crippen LogP contribution is 2.23. The van der Waals surface area contributed by atoms with Crippen LogP contribution in [0.1, 0.15) is 12.8 Å². The molecule has 1 fully saturated rings. The van der Waals surface area contributed by atoms with E-state index in [0.29, 0.717) is 31.7 Å². The lowest BCUT2D eigenvalue weighted by molar-refractivity contribution is -0.136. The third-order valence-electron chi connectivity index (χ3n) is 4.20.